The first-order valence-electron chi connectivity index (χ1n) is 9.81. The predicted octanol–water partition coefficient (Wildman–Crippen LogP) is 2.34. The van der Waals surface area contributed by atoms with Crippen molar-refractivity contribution in [1.82, 2.24) is 9.80 Å². The number of nitrogens with zero attached hydrogens (tertiary/aromatic N) is 2. The maximum absolute atomic E-state index is 12.9. The van der Waals surface area contributed by atoms with E-state index in [-0.39, 0.29) is 36.1 Å². The Labute approximate surface area is 143 Å². The van der Waals surface area contributed by atoms with Crippen LogP contribution in [0, 0.1) is 17.8 Å². The number of hydrogen-bond donors (Lipinski definition) is 0. The Morgan fingerprint density at radius 2 is 1.42 bits per heavy atom. The number of piperidine rings is 1. The largest absolute Gasteiger partial charge is 0.338 e. The van der Waals surface area contributed by atoms with Gasteiger partial charge in [0.05, 0.1) is 11.8 Å². The first-order valence-corrected chi connectivity index (χ1v) is 9.81. The Kier molecular flexibility index (Phi) is 4.35. The zero-order valence-electron chi connectivity index (χ0n) is 14.4. The number of amides is 3. The lowest BCUT2D eigenvalue weighted by Crippen LogP contribution is -2.53. The van der Waals surface area contributed by atoms with Gasteiger partial charge in [-0.3, -0.25) is 19.3 Å². The van der Waals surface area contributed by atoms with Crippen LogP contribution in [-0.2, 0) is 14.4 Å². The minimum Gasteiger partial charge on any atom is -0.338 e. The predicted molar refractivity (Wildman–Crippen MR) is 88.9 cm³/mol. The third kappa shape index (κ3) is 2.66. The number of hydrogen-bond acceptors (Lipinski definition) is 3. The maximum Gasteiger partial charge on any atom is 0.243 e. The molecule has 0 aromatic rings. The van der Waals surface area contributed by atoms with E-state index >= 15 is 0 Å². The highest BCUT2D eigenvalue weighted by atomic mass is 16.2. The summed E-state index contributed by atoms with van der Waals surface area (Å²) >= 11 is 0. The lowest BCUT2D eigenvalue weighted by Gasteiger charge is -2.44. The molecule has 24 heavy (non-hydrogen) atoms. The van der Waals surface area contributed by atoms with E-state index in [4.69, 9.17) is 0 Å². The monoisotopic (exact) mass is 332 g/mol. The average Bonchev–Trinajstić information content (AvgIpc) is 2.86. The molecule has 2 saturated carbocycles. The minimum atomic E-state index is -0.150. The van der Waals surface area contributed by atoms with E-state index in [9.17, 15) is 14.4 Å². The molecule has 4 aliphatic rings. The third-order valence-corrected chi connectivity index (χ3v) is 6.79. The summed E-state index contributed by atoms with van der Waals surface area (Å²) in [7, 11) is 0. The van der Waals surface area contributed by atoms with Gasteiger partial charge in [-0.25, -0.2) is 0 Å². The summed E-state index contributed by atoms with van der Waals surface area (Å²) in [5, 5.41) is 0. The number of rotatable bonds is 2. The summed E-state index contributed by atoms with van der Waals surface area (Å²) in [4.78, 5) is 41.3. The van der Waals surface area contributed by atoms with Crippen LogP contribution in [0.15, 0.2) is 0 Å². The van der Waals surface area contributed by atoms with Gasteiger partial charge >= 0.3 is 0 Å². The van der Waals surface area contributed by atoms with Gasteiger partial charge in [0.2, 0.25) is 17.7 Å². The standard InChI is InChI=1S/C19H28N2O3/c22-17(20-11-5-7-13-6-1-4-10-16(13)20)12-21-18(23)14-8-2-3-9-15(14)19(21)24/h13-16H,1-12H2. The van der Waals surface area contributed by atoms with Crippen molar-refractivity contribution in [3.8, 4) is 0 Å². The van der Waals surface area contributed by atoms with Crippen molar-refractivity contribution in [3.05, 3.63) is 0 Å². The Morgan fingerprint density at radius 3 is 2.12 bits per heavy atom. The van der Waals surface area contributed by atoms with Crippen molar-refractivity contribution in [3.63, 3.8) is 0 Å². The summed E-state index contributed by atoms with van der Waals surface area (Å²) in [6.45, 7) is 0.775. The Bertz CT molecular complexity index is 521. The molecular formula is C19H28N2O3. The second-order valence-corrected chi connectivity index (χ2v) is 8.10. The lowest BCUT2D eigenvalue weighted by atomic mass is 9.78. The van der Waals surface area contributed by atoms with Gasteiger partial charge < -0.3 is 4.90 Å². The van der Waals surface area contributed by atoms with E-state index in [0.29, 0.717) is 12.0 Å². The zero-order chi connectivity index (χ0) is 16.7. The van der Waals surface area contributed by atoms with Gasteiger partial charge in [0.25, 0.3) is 0 Å². The van der Waals surface area contributed by atoms with Crippen LogP contribution in [0.4, 0.5) is 0 Å². The van der Waals surface area contributed by atoms with Gasteiger partial charge in [-0.15, -0.1) is 0 Å². The molecule has 4 unspecified atom stereocenters. The van der Waals surface area contributed by atoms with E-state index < -0.39 is 0 Å². The molecule has 132 valence electrons. The molecule has 0 aromatic heterocycles. The quantitative estimate of drug-likeness (QED) is 0.729. The summed E-state index contributed by atoms with van der Waals surface area (Å²) < 4.78 is 0. The highest BCUT2D eigenvalue weighted by Gasteiger charge is 2.49. The van der Waals surface area contributed by atoms with Crippen LogP contribution in [0.5, 0.6) is 0 Å². The third-order valence-electron chi connectivity index (χ3n) is 6.79. The van der Waals surface area contributed by atoms with Gasteiger partial charge in [-0.05, 0) is 44.4 Å². The molecule has 0 aromatic carbocycles. The summed E-state index contributed by atoms with van der Waals surface area (Å²) in [5.74, 6) is 0.145. The molecule has 3 amide bonds. The van der Waals surface area contributed by atoms with Crippen molar-refractivity contribution in [2.45, 2.75) is 70.3 Å². The number of carbonyl (C=O) groups is 3. The normalized spacial score (nSPS) is 36.5. The van der Waals surface area contributed by atoms with E-state index in [1.54, 1.807) is 0 Å². The van der Waals surface area contributed by atoms with E-state index in [1.165, 1.54) is 30.6 Å². The molecule has 2 saturated heterocycles. The van der Waals surface area contributed by atoms with Crippen LogP contribution in [0.3, 0.4) is 0 Å². The fourth-order valence-electron chi connectivity index (χ4n) is 5.55. The van der Waals surface area contributed by atoms with E-state index in [1.807, 2.05) is 4.90 Å². The fourth-order valence-corrected chi connectivity index (χ4v) is 5.55. The van der Waals surface area contributed by atoms with Crippen LogP contribution in [0.1, 0.15) is 64.2 Å². The first kappa shape index (κ1) is 16.1. The van der Waals surface area contributed by atoms with Crippen molar-refractivity contribution < 1.29 is 14.4 Å². The number of likely N-dealkylation sites (tertiary alicyclic amines) is 2. The molecule has 5 heteroatoms. The van der Waals surface area contributed by atoms with Crippen LogP contribution in [0.25, 0.3) is 0 Å². The SMILES string of the molecule is O=C1C2CCCCC2C(=O)N1CC(=O)N1CCCC2CCCCC21. The smallest absolute Gasteiger partial charge is 0.243 e. The van der Waals surface area contributed by atoms with Crippen molar-refractivity contribution in [2.75, 3.05) is 13.1 Å². The molecule has 2 aliphatic carbocycles. The Hall–Kier alpha value is -1.39. The number of imide groups is 1. The number of fused-ring (bicyclic) bond motifs is 2. The van der Waals surface area contributed by atoms with Gasteiger partial charge in [-0.1, -0.05) is 25.7 Å². The molecule has 4 rings (SSSR count). The summed E-state index contributed by atoms with van der Waals surface area (Å²) in [5.41, 5.74) is 0. The molecule has 2 aliphatic heterocycles. The minimum absolute atomic E-state index is 0.00746. The van der Waals surface area contributed by atoms with Crippen molar-refractivity contribution in [1.29, 1.82) is 0 Å². The Morgan fingerprint density at radius 1 is 0.833 bits per heavy atom. The summed E-state index contributed by atoms with van der Waals surface area (Å²) in [6, 6.07) is 0.343. The van der Waals surface area contributed by atoms with Crippen LogP contribution < -0.4 is 0 Å². The lowest BCUT2D eigenvalue weighted by molar-refractivity contribution is -0.149. The highest BCUT2D eigenvalue weighted by molar-refractivity contribution is 6.07. The fraction of sp³-hybridized carbons (Fsp3) is 0.842. The molecule has 2 heterocycles. The molecule has 0 bridgehead atoms. The van der Waals surface area contributed by atoms with Crippen molar-refractivity contribution in [2.24, 2.45) is 17.8 Å². The highest BCUT2D eigenvalue weighted by Crippen LogP contribution is 2.39. The molecular weight excluding hydrogens is 304 g/mol. The molecule has 5 nitrogen and oxygen atoms in total. The van der Waals surface area contributed by atoms with Gasteiger partial charge in [0.15, 0.2) is 0 Å². The Balaban J connectivity index is 1.45. The molecule has 4 fully saturated rings. The van der Waals surface area contributed by atoms with Crippen LogP contribution in [0.2, 0.25) is 0 Å². The van der Waals surface area contributed by atoms with Crippen LogP contribution >= 0.6 is 0 Å². The topological polar surface area (TPSA) is 57.7 Å². The van der Waals surface area contributed by atoms with Gasteiger partial charge in [0.1, 0.15) is 6.54 Å². The maximum atomic E-state index is 12.9. The average molecular weight is 332 g/mol. The van der Waals surface area contributed by atoms with Crippen LogP contribution in [-0.4, -0.2) is 46.7 Å². The molecule has 0 radical (unpaired) electrons. The second kappa shape index (κ2) is 6.49. The van der Waals surface area contributed by atoms with Gasteiger partial charge in [-0.2, -0.15) is 0 Å². The molecule has 4 atom stereocenters. The van der Waals surface area contributed by atoms with Gasteiger partial charge in [0, 0.05) is 12.6 Å². The molecule has 0 N–H and O–H groups in total. The van der Waals surface area contributed by atoms with E-state index in [2.05, 4.69) is 0 Å². The zero-order valence-corrected chi connectivity index (χ0v) is 14.4. The first-order chi connectivity index (χ1) is 11.7. The summed E-state index contributed by atoms with van der Waals surface area (Å²) in [6.07, 6.45) is 10.7. The van der Waals surface area contributed by atoms with Crippen molar-refractivity contribution >= 4 is 17.7 Å². The second-order valence-electron chi connectivity index (χ2n) is 8.10. The number of carbonyl (C=O) groups excluding carboxylic acids is 3. The molecule has 0 spiro atoms. The van der Waals surface area contributed by atoms with E-state index in [0.717, 1.165) is 45.1 Å².